The third kappa shape index (κ3) is 4.63. The zero-order chi connectivity index (χ0) is 15.1. The number of benzene rings is 1. The quantitative estimate of drug-likeness (QED) is 0.652. The van der Waals surface area contributed by atoms with Crippen LogP contribution in [0.1, 0.15) is 23.7 Å². The van der Waals surface area contributed by atoms with Crippen molar-refractivity contribution in [2.24, 2.45) is 12.0 Å². The molecule has 0 aliphatic rings. The Morgan fingerprint density at radius 2 is 1.95 bits per heavy atom. The van der Waals surface area contributed by atoms with Crippen molar-refractivity contribution in [3.05, 3.63) is 53.3 Å². The molecule has 0 saturated heterocycles. The first-order chi connectivity index (χ1) is 10.2. The monoisotopic (exact) mass is 285 g/mol. The average Bonchev–Trinajstić information content (AvgIpc) is 2.89. The molecule has 1 aromatic heterocycles. The minimum atomic E-state index is 0.668. The van der Waals surface area contributed by atoms with E-state index in [0.717, 1.165) is 18.2 Å². The third-order valence-electron chi connectivity index (χ3n) is 3.24. The molecule has 112 valence electrons. The van der Waals surface area contributed by atoms with Gasteiger partial charge in [-0.3, -0.25) is 4.68 Å². The highest BCUT2D eigenvalue weighted by Crippen LogP contribution is 2.04. The van der Waals surface area contributed by atoms with Crippen molar-refractivity contribution in [2.75, 3.05) is 6.54 Å². The number of hydrogen-bond donors (Lipinski definition) is 2. The Morgan fingerprint density at radius 1 is 1.19 bits per heavy atom. The maximum atomic E-state index is 4.61. The second kappa shape index (κ2) is 7.47. The molecule has 0 saturated carbocycles. The van der Waals surface area contributed by atoms with Crippen LogP contribution in [0.5, 0.6) is 0 Å². The molecule has 0 spiro atoms. The molecule has 1 aromatic carbocycles. The lowest BCUT2D eigenvalue weighted by Crippen LogP contribution is -2.37. The van der Waals surface area contributed by atoms with Crippen LogP contribution >= 0.6 is 0 Å². The van der Waals surface area contributed by atoms with E-state index in [9.17, 15) is 0 Å². The molecule has 5 heteroatoms. The van der Waals surface area contributed by atoms with Gasteiger partial charge in [-0.25, -0.2) is 4.99 Å². The van der Waals surface area contributed by atoms with Gasteiger partial charge in [0.1, 0.15) is 0 Å². The highest BCUT2D eigenvalue weighted by molar-refractivity contribution is 5.79. The van der Waals surface area contributed by atoms with E-state index in [0.29, 0.717) is 13.1 Å². The first kappa shape index (κ1) is 15.1. The lowest BCUT2D eigenvalue weighted by Gasteiger charge is -2.11. The summed E-state index contributed by atoms with van der Waals surface area (Å²) >= 11 is 0. The first-order valence-corrected chi connectivity index (χ1v) is 7.23. The van der Waals surface area contributed by atoms with Crippen LogP contribution in [-0.2, 0) is 20.1 Å². The normalized spacial score (nSPS) is 11.5. The maximum Gasteiger partial charge on any atom is 0.191 e. The van der Waals surface area contributed by atoms with Crippen molar-refractivity contribution in [1.82, 2.24) is 20.4 Å². The maximum absolute atomic E-state index is 4.61. The second-order valence-corrected chi connectivity index (χ2v) is 4.98. The summed E-state index contributed by atoms with van der Waals surface area (Å²) in [6.45, 7) is 6.36. The van der Waals surface area contributed by atoms with E-state index in [1.165, 1.54) is 11.1 Å². The lowest BCUT2D eigenvalue weighted by atomic mass is 10.1. The topological polar surface area (TPSA) is 54.2 Å². The van der Waals surface area contributed by atoms with Crippen LogP contribution in [0, 0.1) is 6.92 Å². The number of nitrogens with one attached hydrogen (secondary N) is 2. The molecule has 2 rings (SSSR count). The molecule has 1 heterocycles. The smallest absolute Gasteiger partial charge is 0.191 e. The molecule has 0 radical (unpaired) electrons. The molecule has 2 aromatic rings. The highest BCUT2D eigenvalue weighted by atomic mass is 15.3. The second-order valence-electron chi connectivity index (χ2n) is 4.98. The summed E-state index contributed by atoms with van der Waals surface area (Å²) in [6, 6.07) is 10.4. The van der Waals surface area contributed by atoms with Crippen molar-refractivity contribution in [3.63, 3.8) is 0 Å². The third-order valence-corrected chi connectivity index (χ3v) is 3.24. The van der Waals surface area contributed by atoms with E-state index in [1.54, 1.807) is 6.20 Å². The number of guanidine groups is 1. The summed E-state index contributed by atoms with van der Waals surface area (Å²) in [4.78, 5) is 4.61. The molecule has 0 unspecified atom stereocenters. The molecule has 0 aliphatic carbocycles. The Bertz CT molecular complexity index is 583. The van der Waals surface area contributed by atoms with E-state index < -0.39 is 0 Å². The molecule has 0 bridgehead atoms. The Balaban J connectivity index is 1.95. The van der Waals surface area contributed by atoms with E-state index in [-0.39, 0.29) is 0 Å². The molecule has 0 aliphatic heterocycles. The predicted octanol–water partition coefficient (Wildman–Crippen LogP) is 1.98. The standard InChI is InChI=1S/C16H23N5/c1-4-17-16(19-12-15-9-10-20-21(15)3)18-11-14-7-5-13(2)6-8-14/h5-10H,4,11-12H2,1-3H3,(H2,17,18,19). The fourth-order valence-corrected chi connectivity index (χ4v) is 1.95. The van der Waals surface area contributed by atoms with Gasteiger partial charge in [-0.05, 0) is 25.5 Å². The largest absolute Gasteiger partial charge is 0.357 e. The van der Waals surface area contributed by atoms with Gasteiger partial charge in [0.15, 0.2) is 5.96 Å². The van der Waals surface area contributed by atoms with Crippen molar-refractivity contribution < 1.29 is 0 Å². The molecule has 21 heavy (non-hydrogen) atoms. The molecular formula is C16H23N5. The van der Waals surface area contributed by atoms with Crippen LogP contribution in [0.15, 0.2) is 41.5 Å². The van der Waals surface area contributed by atoms with Gasteiger partial charge in [-0.1, -0.05) is 29.8 Å². The van der Waals surface area contributed by atoms with Gasteiger partial charge in [0.2, 0.25) is 0 Å². The number of hydrogen-bond acceptors (Lipinski definition) is 2. The van der Waals surface area contributed by atoms with Crippen LogP contribution in [0.3, 0.4) is 0 Å². The minimum Gasteiger partial charge on any atom is -0.357 e. The average molecular weight is 285 g/mol. The Hall–Kier alpha value is -2.30. The summed E-state index contributed by atoms with van der Waals surface area (Å²) < 4.78 is 1.86. The lowest BCUT2D eigenvalue weighted by molar-refractivity contribution is 0.685. The summed E-state index contributed by atoms with van der Waals surface area (Å²) in [5, 5.41) is 10.7. The van der Waals surface area contributed by atoms with Gasteiger partial charge in [0.05, 0.1) is 18.8 Å². The van der Waals surface area contributed by atoms with Crippen LogP contribution in [0.25, 0.3) is 0 Å². The Morgan fingerprint density at radius 3 is 2.57 bits per heavy atom. The zero-order valence-electron chi connectivity index (χ0n) is 12.9. The van der Waals surface area contributed by atoms with Crippen LogP contribution in [0.4, 0.5) is 0 Å². The SMILES string of the molecule is CCNC(=NCc1ccc(C)cc1)NCc1ccnn1C. The molecular weight excluding hydrogens is 262 g/mol. The predicted molar refractivity (Wildman–Crippen MR) is 86.0 cm³/mol. The summed E-state index contributed by atoms with van der Waals surface area (Å²) in [5.41, 5.74) is 3.60. The minimum absolute atomic E-state index is 0.668. The number of nitrogens with zero attached hydrogens (tertiary/aromatic N) is 3. The molecule has 0 fully saturated rings. The van der Waals surface area contributed by atoms with Crippen molar-refractivity contribution in [2.45, 2.75) is 26.9 Å². The van der Waals surface area contributed by atoms with E-state index in [4.69, 9.17) is 0 Å². The van der Waals surface area contributed by atoms with Crippen molar-refractivity contribution in [1.29, 1.82) is 0 Å². The van der Waals surface area contributed by atoms with E-state index >= 15 is 0 Å². The van der Waals surface area contributed by atoms with Gasteiger partial charge in [-0.15, -0.1) is 0 Å². The molecule has 0 amide bonds. The zero-order valence-corrected chi connectivity index (χ0v) is 12.9. The van der Waals surface area contributed by atoms with Gasteiger partial charge >= 0.3 is 0 Å². The van der Waals surface area contributed by atoms with Crippen molar-refractivity contribution >= 4 is 5.96 Å². The number of rotatable bonds is 5. The molecule has 5 nitrogen and oxygen atoms in total. The van der Waals surface area contributed by atoms with Crippen molar-refractivity contribution in [3.8, 4) is 0 Å². The summed E-state index contributed by atoms with van der Waals surface area (Å²) in [5.74, 6) is 0.819. The summed E-state index contributed by atoms with van der Waals surface area (Å²) in [6.07, 6.45) is 1.80. The number of aryl methyl sites for hydroxylation is 2. The van der Waals surface area contributed by atoms with E-state index in [2.05, 4.69) is 58.8 Å². The first-order valence-electron chi connectivity index (χ1n) is 7.23. The fourth-order valence-electron chi connectivity index (χ4n) is 1.95. The fraction of sp³-hybridized carbons (Fsp3) is 0.375. The van der Waals surface area contributed by atoms with Crippen LogP contribution in [-0.4, -0.2) is 22.3 Å². The van der Waals surface area contributed by atoms with E-state index in [1.807, 2.05) is 17.8 Å². The highest BCUT2D eigenvalue weighted by Gasteiger charge is 2.01. The molecule has 2 N–H and O–H groups in total. The van der Waals surface area contributed by atoms with Gasteiger partial charge in [0, 0.05) is 19.8 Å². The number of aliphatic imine (C=N–C) groups is 1. The number of aromatic nitrogens is 2. The van der Waals surface area contributed by atoms with Gasteiger partial charge in [0.25, 0.3) is 0 Å². The Kier molecular flexibility index (Phi) is 5.37. The van der Waals surface area contributed by atoms with Crippen LogP contribution < -0.4 is 10.6 Å². The van der Waals surface area contributed by atoms with Gasteiger partial charge < -0.3 is 10.6 Å². The Labute approximate surface area is 126 Å². The van der Waals surface area contributed by atoms with Gasteiger partial charge in [-0.2, -0.15) is 5.10 Å². The van der Waals surface area contributed by atoms with Crippen LogP contribution in [0.2, 0.25) is 0 Å². The molecule has 0 atom stereocenters. The summed E-state index contributed by atoms with van der Waals surface area (Å²) in [7, 11) is 1.94.